The molecule has 0 bridgehead atoms. The number of thiazole rings is 1. The first-order valence-corrected chi connectivity index (χ1v) is 8.75. The van der Waals surface area contributed by atoms with Gasteiger partial charge < -0.3 is 14.5 Å². The first-order valence-electron chi connectivity index (χ1n) is 7.87. The van der Waals surface area contributed by atoms with Crippen molar-refractivity contribution in [2.45, 2.75) is 45.6 Å². The van der Waals surface area contributed by atoms with Gasteiger partial charge in [-0.25, -0.2) is 9.78 Å². The Kier molecular flexibility index (Phi) is 4.66. The van der Waals surface area contributed by atoms with Crippen LogP contribution < -0.4 is 0 Å². The molecule has 1 fully saturated rings. The summed E-state index contributed by atoms with van der Waals surface area (Å²) < 4.78 is 5.13. The number of aromatic carboxylic acids is 1. The SMILES string of the molecule is Cc1noc(C)c1CCC(=O)N1CCCC1c1nc(C(=O)O)cs1. The number of carbonyl (C=O) groups excluding carboxylic acids is 1. The van der Waals surface area contributed by atoms with Crippen molar-refractivity contribution in [1.29, 1.82) is 0 Å². The van der Waals surface area contributed by atoms with E-state index in [-0.39, 0.29) is 17.6 Å². The van der Waals surface area contributed by atoms with Crippen molar-refractivity contribution in [2.75, 3.05) is 6.54 Å². The minimum absolute atomic E-state index is 0.0463. The van der Waals surface area contributed by atoms with Gasteiger partial charge in [0.2, 0.25) is 5.91 Å². The number of hydrogen-bond donors (Lipinski definition) is 1. The van der Waals surface area contributed by atoms with Crippen molar-refractivity contribution in [3.05, 3.63) is 33.1 Å². The number of nitrogens with zero attached hydrogens (tertiary/aromatic N) is 3. The van der Waals surface area contributed by atoms with Gasteiger partial charge in [-0.1, -0.05) is 5.16 Å². The van der Waals surface area contributed by atoms with Gasteiger partial charge in [0.15, 0.2) is 5.69 Å². The summed E-state index contributed by atoms with van der Waals surface area (Å²) in [6.45, 7) is 4.41. The lowest BCUT2D eigenvalue weighted by Crippen LogP contribution is -2.30. The smallest absolute Gasteiger partial charge is 0.355 e. The Balaban J connectivity index is 1.68. The average Bonchev–Trinajstić information content (AvgIpc) is 3.25. The molecule has 0 spiro atoms. The molecule has 24 heavy (non-hydrogen) atoms. The molecule has 0 radical (unpaired) electrons. The molecular formula is C16H19N3O4S. The van der Waals surface area contributed by atoms with E-state index in [1.165, 1.54) is 16.7 Å². The van der Waals surface area contributed by atoms with Crippen LogP contribution in [0.25, 0.3) is 0 Å². The van der Waals surface area contributed by atoms with Crippen LogP contribution in [0.3, 0.4) is 0 Å². The fraction of sp³-hybridized carbons (Fsp3) is 0.500. The molecule has 1 aliphatic heterocycles. The number of aromatic nitrogens is 2. The van der Waals surface area contributed by atoms with Gasteiger partial charge in [0.05, 0.1) is 11.7 Å². The van der Waals surface area contributed by atoms with Crippen LogP contribution in [0.5, 0.6) is 0 Å². The van der Waals surface area contributed by atoms with Crippen molar-refractivity contribution in [1.82, 2.24) is 15.0 Å². The predicted octanol–water partition coefficient (Wildman–Crippen LogP) is 2.74. The zero-order chi connectivity index (χ0) is 17.3. The number of amides is 1. The van der Waals surface area contributed by atoms with Crippen molar-refractivity contribution >= 4 is 23.2 Å². The average molecular weight is 349 g/mol. The number of rotatable bonds is 5. The van der Waals surface area contributed by atoms with E-state index in [0.29, 0.717) is 24.4 Å². The summed E-state index contributed by atoms with van der Waals surface area (Å²) in [5, 5.41) is 15.2. The van der Waals surface area contributed by atoms with Gasteiger partial charge >= 0.3 is 5.97 Å². The van der Waals surface area contributed by atoms with Crippen LogP contribution in [0.4, 0.5) is 0 Å². The molecule has 128 valence electrons. The van der Waals surface area contributed by atoms with Crippen molar-refractivity contribution in [2.24, 2.45) is 0 Å². The highest BCUT2D eigenvalue weighted by Gasteiger charge is 2.32. The minimum atomic E-state index is -1.04. The Labute approximate surface area is 143 Å². The molecule has 0 aromatic carbocycles. The molecule has 1 unspecified atom stereocenters. The van der Waals surface area contributed by atoms with Gasteiger partial charge in [-0.15, -0.1) is 11.3 Å². The standard InChI is InChI=1S/C16H19N3O4S/c1-9-11(10(2)23-18-9)5-6-14(20)19-7-3-4-13(19)15-17-12(8-24-15)16(21)22/h8,13H,3-7H2,1-2H3,(H,21,22). The van der Waals surface area contributed by atoms with E-state index in [0.717, 1.165) is 29.9 Å². The predicted molar refractivity (Wildman–Crippen MR) is 87.1 cm³/mol. The van der Waals surface area contributed by atoms with E-state index < -0.39 is 5.97 Å². The molecular weight excluding hydrogens is 330 g/mol. The number of carboxylic acid groups (broad SMARTS) is 1. The van der Waals surface area contributed by atoms with E-state index in [2.05, 4.69) is 10.1 Å². The number of hydrogen-bond acceptors (Lipinski definition) is 6. The summed E-state index contributed by atoms with van der Waals surface area (Å²) in [6, 6.07) is -0.111. The summed E-state index contributed by atoms with van der Waals surface area (Å²) in [5.74, 6) is -0.222. The number of carboxylic acids is 1. The van der Waals surface area contributed by atoms with Crippen LogP contribution in [-0.2, 0) is 11.2 Å². The van der Waals surface area contributed by atoms with Gasteiger partial charge in [0.25, 0.3) is 0 Å². The fourth-order valence-corrected chi connectivity index (χ4v) is 4.03. The summed E-state index contributed by atoms with van der Waals surface area (Å²) in [6.07, 6.45) is 2.71. The van der Waals surface area contributed by atoms with Crippen LogP contribution in [0, 0.1) is 13.8 Å². The lowest BCUT2D eigenvalue weighted by Gasteiger charge is -2.23. The van der Waals surface area contributed by atoms with Gasteiger partial charge in [0.1, 0.15) is 10.8 Å². The fourth-order valence-electron chi connectivity index (χ4n) is 3.10. The van der Waals surface area contributed by atoms with Crippen LogP contribution in [0.15, 0.2) is 9.90 Å². The third-order valence-corrected chi connectivity index (χ3v) is 5.32. The first kappa shape index (κ1) is 16.6. The van der Waals surface area contributed by atoms with Crippen LogP contribution in [0.2, 0.25) is 0 Å². The monoisotopic (exact) mass is 349 g/mol. The Morgan fingerprint density at radius 1 is 1.46 bits per heavy atom. The normalized spacial score (nSPS) is 17.4. The first-order chi connectivity index (χ1) is 11.5. The van der Waals surface area contributed by atoms with E-state index >= 15 is 0 Å². The second-order valence-corrected chi connectivity index (χ2v) is 6.81. The number of likely N-dealkylation sites (tertiary alicyclic amines) is 1. The third kappa shape index (κ3) is 3.19. The highest BCUT2D eigenvalue weighted by Crippen LogP contribution is 2.34. The largest absolute Gasteiger partial charge is 0.476 e. The maximum absolute atomic E-state index is 12.6. The quantitative estimate of drug-likeness (QED) is 0.891. The summed E-state index contributed by atoms with van der Waals surface area (Å²) in [7, 11) is 0. The molecule has 1 aliphatic rings. The zero-order valence-electron chi connectivity index (χ0n) is 13.6. The summed E-state index contributed by atoms with van der Waals surface area (Å²) in [4.78, 5) is 29.6. The highest BCUT2D eigenvalue weighted by molar-refractivity contribution is 7.09. The Morgan fingerprint density at radius 3 is 2.88 bits per heavy atom. The second kappa shape index (κ2) is 6.72. The van der Waals surface area contributed by atoms with Crippen molar-refractivity contribution in [3.8, 4) is 0 Å². The molecule has 3 heterocycles. The molecule has 2 aromatic rings. The second-order valence-electron chi connectivity index (χ2n) is 5.92. The van der Waals surface area contributed by atoms with E-state index in [4.69, 9.17) is 9.63 Å². The third-order valence-electron chi connectivity index (χ3n) is 4.37. The molecule has 7 nitrogen and oxygen atoms in total. The maximum atomic E-state index is 12.6. The summed E-state index contributed by atoms with van der Waals surface area (Å²) >= 11 is 1.31. The van der Waals surface area contributed by atoms with Crippen molar-refractivity contribution in [3.63, 3.8) is 0 Å². The molecule has 8 heteroatoms. The molecule has 0 saturated carbocycles. The topological polar surface area (TPSA) is 96.5 Å². The van der Waals surface area contributed by atoms with Crippen LogP contribution >= 0.6 is 11.3 Å². The molecule has 0 aliphatic carbocycles. The molecule has 1 atom stereocenters. The van der Waals surface area contributed by atoms with E-state index in [9.17, 15) is 9.59 Å². The highest BCUT2D eigenvalue weighted by atomic mass is 32.1. The Bertz CT molecular complexity index is 748. The van der Waals surface area contributed by atoms with Gasteiger partial charge in [0, 0.05) is 23.9 Å². The van der Waals surface area contributed by atoms with E-state index in [1.807, 2.05) is 18.7 Å². The van der Waals surface area contributed by atoms with Crippen LogP contribution in [-0.4, -0.2) is 38.6 Å². The maximum Gasteiger partial charge on any atom is 0.355 e. The molecule has 1 saturated heterocycles. The zero-order valence-corrected chi connectivity index (χ0v) is 14.4. The summed E-state index contributed by atoms with van der Waals surface area (Å²) in [5.41, 5.74) is 1.86. The van der Waals surface area contributed by atoms with Gasteiger partial charge in [-0.05, 0) is 33.1 Å². The molecule has 1 amide bonds. The lowest BCUT2D eigenvalue weighted by molar-refractivity contribution is -0.132. The van der Waals surface area contributed by atoms with E-state index in [1.54, 1.807) is 0 Å². The Hall–Kier alpha value is -2.22. The molecule has 3 rings (SSSR count). The lowest BCUT2D eigenvalue weighted by atomic mass is 10.1. The number of aryl methyl sites for hydroxylation is 2. The molecule has 1 N–H and O–H groups in total. The van der Waals surface area contributed by atoms with Gasteiger partial charge in [-0.2, -0.15) is 0 Å². The van der Waals surface area contributed by atoms with Gasteiger partial charge in [-0.3, -0.25) is 4.79 Å². The van der Waals surface area contributed by atoms with Crippen LogP contribution in [0.1, 0.15) is 57.8 Å². The van der Waals surface area contributed by atoms with Crippen molar-refractivity contribution < 1.29 is 19.2 Å². The minimum Gasteiger partial charge on any atom is -0.476 e. The number of carbonyl (C=O) groups is 2. The molecule has 2 aromatic heterocycles. The Morgan fingerprint density at radius 2 is 2.25 bits per heavy atom.